The largest absolute Gasteiger partial charge is 0.347 e. The molecule has 0 aliphatic rings. The fourth-order valence-electron chi connectivity index (χ4n) is 2.80. The van der Waals surface area contributed by atoms with Crippen molar-refractivity contribution in [2.75, 3.05) is 10.6 Å². The Labute approximate surface area is 187 Å². The van der Waals surface area contributed by atoms with Gasteiger partial charge in [0, 0.05) is 33.3 Å². The average Bonchev–Trinajstić information content (AvgIpc) is 2.59. The number of amides is 3. The molecule has 0 aliphatic carbocycles. The Balaban J connectivity index is 3.20. The maximum absolute atomic E-state index is 13.0. The summed E-state index contributed by atoms with van der Waals surface area (Å²) in [6.07, 6.45) is 4.16. The first-order valence-corrected chi connectivity index (χ1v) is 11.2. The zero-order valence-electron chi connectivity index (χ0n) is 20.8. The molecule has 0 aliphatic heterocycles. The van der Waals surface area contributed by atoms with Gasteiger partial charge in [0.1, 0.15) is 0 Å². The van der Waals surface area contributed by atoms with Crippen molar-refractivity contribution in [1.29, 1.82) is 0 Å². The van der Waals surface area contributed by atoms with Crippen molar-refractivity contribution >= 4 is 29.1 Å². The molecule has 31 heavy (non-hydrogen) atoms. The molecular weight excluding hydrogens is 390 g/mol. The van der Waals surface area contributed by atoms with Gasteiger partial charge >= 0.3 is 0 Å². The first kappa shape index (κ1) is 26.7. The second-order valence-corrected chi connectivity index (χ2v) is 11.0. The van der Waals surface area contributed by atoms with Gasteiger partial charge in [-0.2, -0.15) is 0 Å². The van der Waals surface area contributed by atoms with Crippen molar-refractivity contribution in [2.24, 2.45) is 10.8 Å². The van der Waals surface area contributed by atoms with Gasteiger partial charge in [0.15, 0.2) is 0 Å². The van der Waals surface area contributed by atoms with Crippen LogP contribution in [-0.2, 0) is 9.59 Å². The summed E-state index contributed by atoms with van der Waals surface area (Å²) < 4.78 is 0. The van der Waals surface area contributed by atoms with Crippen molar-refractivity contribution in [3.8, 4) is 0 Å². The first-order valence-electron chi connectivity index (χ1n) is 11.2. The fourth-order valence-corrected chi connectivity index (χ4v) is 2.80. The SMILES string of the molecule is CCCCCC(C)(C)NC(=O)c1cc(NC(=O)C(C)(C)C)cc(NC(=O)C(C)(C)C)c1. The Bertz CT molecular complexity index is 753. The third-order valence-electron chi connectivity index (χ3n) is 4.93. The number of carbonyl (C=O) groups is 3. The summed E-state index contributed by atoms with van der Waals surface area (Å²) >= 11 is 0. The van der Waals surface area contributed by atoms with Crippen LogP contribution in [-0.4, -0.2) is 23.3 Å². The van der Waals surface area contributed by atoms with E-state index >= 15 is 0 Å². The molecule has 0 aromatic heterocycles. The summed E-state index contributed by atoms with van der Waals surface area (Å²) in [6.45, 7) is 17.1. The van der Waals surface area contributed by atoms with Gasteiger partial charge in [-0.05, 0) is 38.5 Å². The quantitative estimate of drug-likeness (QED) is 0.458. The van der Waals surface area contributed by atoms with Crippen LogP contribution in [0.5, 0.6) is 0 Å². The van der Waals surface area contributed by atoms with Gasteiger partial charge < -0.3 is 16.0 Å². The van der Waals surface area contributed by atoms with E-state index in [0.717, 1.165) is 25.7 Å². The van der Waals surface area contributed by atoms with E-state index in [1.54, 1.807) is 18.2 Å². The van der Waals surface area contributed by atoms with Crippen molar-refractivity contribution < 1.29 is 14.4 Å². The Kier molecular flexibility index (Phi) is 8.85. The van der Waals surface area contributed by atoms with Crippen LogP contribution in [0, 0.1) is 10.8 Å². The lowest BCUT2D eigenvalue weighted by Crippen LogP contribution is -2.43. The fraction of sp³-hybridized carbons (Fsp3) is 0.640. The van der Waals surface area contributed by atoms with Gasteiger partial charge in [0.05, 0.1) is 0 Å². The molecule has 6 nitrogen and oxygen atoms in total. The van der Waals surface area contributed by atoms with E-state index in [1.165, 1.54) is 0 Å². The van der Waals surface area contributed by atoms with Gasteiger partial charge in [-0.3, -0.25) is 14.4 Å². The predicted octanol–water partition coefficient (Wildman–Crippen LogP) is 5.74. The molecule has 0 saturated carbocycles. The summed E-state index contributed by atoms with van der Waals surface area (Å²) in [5, 5.41) is 8.82. The Hall–Kier alpha value is -2.37. The number of nitrogens with one attached hydrogen (secondary N) is 3. The molecule has 1 aromatic rings. The number of hydrogen-bond donors (Lipinski definition) is 3. The summed E-state index contributed by atoms with van der Waals surface area (Å²) in [7, 11) is 0. The van der Waals surface area contributed by atoms with Crippen LogP contribution in [0.1, 0.15) is 98.4 Å². The van der Waals surface area contributed by atoms with Crippen molar-refractivity contribution in [1.82, 2.24) is 5.32 Å². The van der Waals surface area contributed by atoms with E-state index in [2.05, 4.69) is 22.9 Å². The molecule has 1 rings (SSSR count). The molecule has 0 heterocycles. The monoisotopic (exact) mass is 431 g/mol. The molecule has 0 radical (unpaired) electrons. The summed E-state index contributed by atoms with van der Waals surface area (Å²) in [4.78, 5) is 38.0. The summed E-state index contributed by atoms with van der Waals surface area (Å²) in [5.74, 6) is -0.573. The van der Waals surface area contributed by atoms with E-state index in [-0.39, 0.29) is 23.3 Å². The maximum Gasteiger partial charge on any atom is 0.251 e. The number of hydrogen-bond acceptors (Lipinski definition) is 3. The number of unbranched alkanes of at least 4 members (excludes halogenated alkanes) is 2. The zero-order valence-corrected chi connectivity index (χ0v) is 20.8. The van der Waals surface area contributed by atoms with Crippen LogP contribution in [0.4, 0.5) is 11.4 Å². The van der Waals surface area contributed by atoms with Crippen LogP contribution < -0.4 is 16.0 Å². The smallest absolute Gasteiger partial charge is 0.251 e. The molecule has 0 fully saturated rings. The Morgan fingerprint density at radius 2 is 1.19 bits per heavy atom. The lowest BCUT2D eigenvalue weighted by molar-refractivity contribution is -0.123. The molecule has 3 amide bonds. The second-order valence-electron chi connectivity index (χ2n) is 11.0. The van der Waals surface area contributed by atoms with Crippen LogP contribution >= 0.6 is 0 Å². The van der Waals surface area contributed by atoms with E-state index < -0.39 is 10.8 Å². The highest BCUT2D eigenvalue weighted by Gasteiger charge is 2.25. The highest BCUT2D eigenvalue weighted by Crippen LogP contribution is 2.25. The summed E-state index contributed by atoms with van der Waals surface area (Å²) in [6, 6.07) is 4.97. The zero-order chi connectivity index (χ0) is 24.0. The minimum absolute atomic E-state index is 0.168. The normalized spacial score (nSPS) is 12.3. The van der Waals surface area contributed by atoms with Crippen molar-refractivity contribution in [3.63, 3.8) is 0 Å². The topological polar surface area (TPSA) is 87.3 Å². The molecule has 1 aromatic carbocycles. The number of benzene rings is 1. The first-order chi connectivity index (χ1) is 14.0. The minimum Gasteiger partial charge on any atom is -0.347 e. The lowest BCUT2D eigenvalue weighted by atomic mass is 9.94. The van der Waals surface area contributed by atoms with Gasteiger partial charge in [0.2, 0.25) is 11.8 Å². The van der Waals surface area contributed by atoms with Crippen LogP contribution in [0.3, 0.4) is 0 Å². The molecule has 0 spiro atoms. The minimum atomic E-state index is -0.589. The standard InChI is InChI=1S/C25H41N3O3/c1-10-11-12-13-25(8,9)28-20(29)17-14-18(26-21(30)23(2,3)4)16-19(15-17)27-22(31)24(5,6)7/h14-16H,10-13H2,1-9H3,(H,26,30)(H,27,31)(H,28,29). The molecule has 0 atom stereocenters. The molecule has 0 unspecified atom stereocenters. The van der Waals surface area contributed by atoms with Crippen LogP contribution in [0.15, 0.2) is 18.2 Å². The van der Waals surface area contributed by atoms with Gasteiger partial charge in [-0.1, -0.05) is 67.7 Å². The number of rotatable bonds is 8. The Morgan fingerprint density at radius 1 is 0.742 bits per heavy atom. The molecule has 0 saturated heterocycles. The summed E-state index contributed by atoms with van der Waals surface area (Å²) in [5.41, 5.74) is -0.199. The molecule has 0 bridgehead atoms. The molecular formula is C25H41N3O3. The average molecular weight is 432 g/mol. The van der Waals surface area contributed by atoms with E-state index in [1.807, 2.05) is 55.4 Å². The lowest BCUT2D eigenvalue weighted by Gasteiger charge is -2.27. The van der Waals surface area contributed by atoms with E-state index in [0.29, 0.717) is 16.9 Å². The Morgan fingerprint density at radius 3 is 1.58 bits per heavy atom. The number of carbonyl (C=O) groups excluding carboxylic acids is 3. The second kappa shape index (κ2) is 10.3. The predicted molar refractivity (Wildman–Crippen MR) is 128 cm³/mol. The van der Waals surface area contributed by atoms with Crippen LogP contribution in [0.25, 0.3) is 0 Å². The molecule has 3 N–H and O–H groups in total. The van der Waals surface area contributed by atoms with Crippen molar-refractivity contribution in [2.45, 2.75) is 93.5 Å². The van der Waals surface area contributed by atoms with Gasteiger partial charge in [-0.25, -0.2) is 0 Å². The number of anilines is 2. The van der Waals surface area contributed by atoms with Crippen molar-refractivity contribution in [3.05, 3.63) is 23.8 Å². The van der Waals surface area contributed by atoms with E-state index in [4.69, 9.17) is 0 Å². The highest BCUT2D eigenvalue weighted by atomic mass is 16.2. The molecule has 6 heteroatoms. The van der Waals surface area contributed by atoms with Gasteiger partial charge in [-0.15, -0.1) is 0 Å². The molecule has 174 valence electrons. The van der Waals surface area contributed by atoms with Gasteiger partial charge in [0.25, 0.3) is 5.91 Å². The van der Waals surface area contributed by atoms with Crippen LogP contribution in [0.2, 0.25) is 0 Å². The highest BCUT2D eigenvalue weighted by molar-refractivity contribution is 6.02. The maximum atomic E-state index is 13.0. The third-order valence-corrected chi connectivity index (χ3v) is 4.93. The van der Waals surface area contributed by atoms with E-state index in [9.17, 15) is 14.4 Å². The third kappa shape index (κ3) is 9.11.